The zero-order valence-electron chi connectivity index (χ0n) is 8.53. The van der Waals surface area contributed by atoms with Crippen LogP contribution in [0.15, 0.2) is 12.2 Å². The maximum Gasteiger partial charge on any atom is 0.331 e. The van der Waals surface area contributed by atoms with Gasteiger partial charge in [0.05, 0.1) is 22.3 Å². The average Bonchev–Trinajstić information content (AvgIpc) is 2.08. The first-order chi connectivity index (χ1) is 6.52. The second kappa shape index (κ2) is 7.24. The number of carboxylic acids is 1. The molecule has 0 saturated carbocycles. The van der Waals surface area contributed by atoms with Crippen LogP contribution < -0.4 is 0 Å². The number of carbonyl (C=O) groups excluding carboxylic acids is 1. The molecule has 6 heteroatoms. The third-order valence-corrected chi connectivity index (χ3v) is 1.53. The first kappa shape index (κ1) is 12.8. The van der Waals surface area contributed by atoms with Crippen molar-refractivity contribution in [1.82, 2.24) is 0 Å². The Hall–Kier alpha value is -1.19. The van der Waals surface area contributed by atoms with Crippen molar-refractivity contribution < 1.29 is 19.4 Å². The van der Waals surface area contributed by atoms with E-state index >= 15 is 0 Å². The van der Waals surface area contributed by atoms with Crippen LogP contribution >= 0.6 is 0 Å². The van der Waals surface area contributed by atoms with Gasteiger partial charge in [0.15, 0.2) is 0 Å². The smallest absolute Gasteiger partial charge is 0.331 e. The SMILES string of the molecule is BC(B)CCCOC(=O)/C=C\C(=O)O. The number of hydrogen-bond acceptors (Lipinski definition) is 3. The summed E-state index contributed by atoms with van der Waals surface area (Å²) in [4.78, 5) is 20.8. The van der Waals surface area contributed by atoms with Crippen molar-refractivity contribution in [2.24, 2.45) is 0 Å². The molecule has 0 aromatic rings. The number of esters is 1. The van der Waals surface area contributed by atoms with Gasteiger partial charge in [0, 0.05) is 12.2 Å². The molecule has 0 aromatic carbocycles. The highest BCUT2D eigenvalue weighted by atomic mass is 16.5. The fraction of sp³-hybridized carbons (Fsp3) is 0.500. The van der Waals surface area contributed by atoms with Crippen LogP contribution in [0.5, 0.6) is 0 Å². The van der Waals surface area contributed by atoms with E-state index < -0.39 is 11.9 Å². The molecule has 0 aliphatic carbocycles. The van der Waals surface area contributed by atoms with Crippen LogP contribution in [0.2, 0.25) is 5.72 Å². The van der Waals surface area contributed by atoms with Crippen LogP contribution in [0.1, 0.15) is 12.8 Å². The Bertz CT molecular complexity index is 225. The number of ether oxygens (including phenoxy) is 1. The highest BCUT2D eigenvalue weighted by Crippen LogP contribution is 2.02. The molecule has 0 rings (SSSR count). The van der Waals surface area contributed by atoms with Crippen molar-refractivity contribution in [2.75, 3.05) is 6.61 Å². The molecule has 0 radical (unpaired) electrons. The van der Waals surface area contributed by atoms with E-state index in [1.807, 2.05) is 0 Å². The summed E-state index contributed by atoms with van der Waals surface area (Å²) in [6, 6.07) is 0. The molecule has 0 aromatic heterocycles. The summed E-state index contributed by atoms with van der Waals surface area (Å²) in [5.74, 6) is -1.75. The Morgan fingerprint density at radius 3 is 2.50 bits per heavy atom. The molecule has 4 nitrogen and oxygen atoms in total. The molecule has 0 aliphatic rings. The Morgan fingerprint density at radius 2 is 2.00 bits per heavy atom. The number of carboxylic acid groups (broad SMARTS) is 1. The predicted octanol–water partition coefficient (Wildman–Crippen LogP) is -1.04. The maximum absolute atomic E-state index is 10.8. The quantitative estimate of drug-likeness (QED) is 0.255. The van der Waals surface area contributed by atoms with Crippen molar-refractivity contribution in [3.63, 3.8) is 0 Å². The lowest BCUT2D eigenvalue weighted by molar-refractivity contribution is -0.138. The summed E-state index contributed by atoms with van der Waals surface area (Å²) in [5, 5.41) is 8.21. The standard InChI is InChI=1S/C8H14B2O4/c9-6(10)2-1-5-14-8(13)4-3-7(11)12/h3-4,6H,1-2,5,9-10H2,(H,11,12)/b4-3-. The van der Waals surface area contributed by atoms with E-state index in [0.717, 1.165) is 25.0 Å². The minimum atomic E-state index is -1.15. The molecule has 76 valence electrons. The fourth-order valence-corrected chi connectivity index (χ4v) is 0.852. The van der Waals surface area contributed by atoms with Crippen molar-refractivity contribution in [2.45, 2.75) is 18.6 Å². The summed E-state index contributed by atoms with van der Waals surface area (Å²) in [6.07, 6.45) is 3.49. The molecule has 0 amide bonds. The minimum absolute atomic E-state index is 0.348. The number of aliphatic carboxylic acids is 1. The summed E-state index contributed by atoms with van der Waals surface area (Å²) < 4.78 is 4.75. The highest BCUT2D eigenvalue weighted by molar-refractivity contribution is 6.35. The van der Waals surface area contributed by atoms with Crippen LogP contribution in [0.4, 0.5) is 0 Å². The van der Waals surface area contributed by atoms with Gasteiger partial charge in [-0.05, 0) is 6.42 Å². The third kappa shape index (κ3) is 8.90. The van der Waals surface area contributed by atoms with Crippen molar-refractivity contribution >= 4 is 27.6 Å². The van der Waals surface area contributed by atoms with E-state index in [9.17, 15) is 9.59 Å². The largest absolute Gasteiger partial charge is 0.478 e. The second-order valence-electron chi connectivity index (χ2n) is 3.38. The van der Waals surface area contributed by atoms with E-state index in [2.05, 4.69) is 15.7 Å². The minimum Gasteiger partial charge on any atom is -0.478 e. The third-order valence-electron chi connectivity index (χ3n) is 1.53. The van der Waals surface area contributed by atoms with Crippen molar-refractivity contribution in [1.29, 1.82) is 0 Å². The first-order valence-corrected chi connectivity index (χ1v) is 4.60. The topological polar surface area (TPSA) is 63.6 Å². The number of hydrogen-bond donors (Lipinski definition) is 1. The van der Waals surface area contributed by atoms with Crippen molar-refractivity contribution in [3.05, 3.63) is 12.2 Å². The van der Waals surface area contributed by atoms with Gasteiger partial charge in [-0.3, -0.25) is 0 Å². The van der Waals surface area contributed by atoms with Gasteiger partial charge in [0.2, 0.25) is 0 Å². The van der Waals surface area contributed by atoms with Gasteiger partial charge in [-0.2, -0.15) is 0 Å². The molecule has 0 heterocycles. The van der Waals surface area contributed by atoms with Gasteiger partial charge in [-0.15, -0.1) is 0 Å². The zero-order chi connectivity index (χ0) is 11.0. The van der Waals surface area contributed by atoms with Crippen molar-refractivity contribution in [3.8, 4) is 0 Å². The van der Waals surface area contributed by atoms with Gasteiger partial charge >= 0.3 is 11.9 Å². The van der Waals surface area contributed by atoms with Gasteiger partial charge in [0.1, 0.15) is 0 Å². The fourth-order valence-electron chi connectivity index (χ4n) is 0.852. The predicted molar refractivity (Wildman–Crippen MR) is 57.8 cm³/mol. The monoisotopic (exact) mass is 196 g/mol. The van der Waals surface area contributed by atoms with Crippen LogP contribution in [-0.4, -0.2) is 39.3 Å². The molecule has 0 atom stereocenters. The lowest BCUT2D eigenvalue weighted by atomic mass is 9.68. The Balaban J connectivity index is 3.50. The Morgan fingerprint density at radius 1 is 1.36 bits per heavy atom. The summed E-state index contributed by atoms with van der Waals surface area (Å²) in [6.45, 7) is 0.348. The molecule has 0 bridgehead atoms. The molecule has 1 N–H and O–H groups in total. The lowest BCUT2D eigenvalue weighted by Gasteiger charge is -2.03. The first-order valence-electron chi connectivity index (χ1n) is 4.60. The van der Waals surface area contributed by atoms with Gasteiger partial charge in [-0.1, -0.05) is 12.1 Å². The van der Waals surface area contributed by atoms with E-state index in [4.69, 9.17) is 9.84 Å². The second-order valence-corrected chi connectivity index (χ2v) is 3.38. The molecule has 0 fully saturated rings. The summed E-state index contributed by atoms with van der Waals surface area (Å²) in [5.41, 5.74) is 0.586. The molecular formula is C8H14B2O4. The zero-order valence-corrected chi connectivity index (χ0v) is 8.53. The van der Waals surface area contributed by atoms with Gasteiger partial charge < -0.3 is 9.84 Å². The van der Waals surface area contributed by atoms with Crippen LogP contribution in [-0.2, 0) is 14.3 Å². The molecule has 14 heavy (non-hydrogen) atoms. The summed E-state index contributed by atoms with van der Waals surface area (Å²) in [7, 11) is 4.18. The Labute approximate surface area is 85.1 Å². The summed E-state index contributed by atoms with van der Waals surface area (Å²) >= 11 is 0. The molecule has 0 unspecified atom stereocenters. The molecule has 0 spiro atoms. The van der Waals surface area contributed by atoms with Crippen LogP contribution in [0.3, 0.4) is 0 Å². The normalized spacial score (nSPS) is 10.6. The molecule has 0 aliphatic heterocycles. The van der Waals surface area contributed by atoms with E-state index in [-0.39, 0.29) is 0 Å². The number of carbonyl (C=O) groups is 2. The average molecular weight is 196 g/mol. The van der Waals surface area contributed by atoms with E-state index in [1.165, 1.54) is 0 Å². The maximum atomic E-state index is 10.8. The highest BCUT2D eigenvalue weighted by Gasteiger charge is 1.99. The van der Waals surface area contributed by atoms with Gasteiger partial charge in [0.25, 0.3) is 0 Å². The lowest BCUT2D eigenvalue weighted by Crippen LogP contribution is -2.04. The van der Waals surface area contributed by atoms with Crippen LogP contribution in [0, 0.1) is 0 Å². The van der Waals surface area contributed by atoms with E-state index in [1.54, 1.807) is 0 Å². The van der Waals surface area contributed by atoms with Crippen LogP contribution in [0.25, 0.3) is 0 Å². The molecule has 0 saturated heterocycles. The van der Waals surface area contributed by atoms with Gasteiger partial charge in [-0.25, -0.2) is 9.59 Å². The molecular weight excluding hydrogens is 182 g/mol. The Kier molecular flexibility index (Phi) is 6.62. The van der Waals surface area contributed by atoms with E-state index in [0.29, 0.717) is 12.3 Å². The number of rotatable bonds is 6.